The van der Waals surface area contributed by atoms with Crippen LogP contribution < -0.4 is 9.47 Å². The number of aromatic hydroxyl groups is 2. The molecule has 0 amide bonds. The smallest absolute Gasteiger partial charge is 0.329 e. The molecule has 7 nitrogen and oxygen atoms in total. The van der Waals surface area contributed by atoms with Crippen molar-refractivity contribution >= 4 is 11.8 Å². The molecule has 0 spiro atoms. The van der Waals surface area contributed by atoms with E-state index in [1.165, 1.54) is 37.4 Å². The Balaban J connectivity index is 2.09. The van der Waals surface area contributed by atoms with Crippen molar-refractivity contribution in [2.75, 3.05) is 5.75 Å². The number of aromatic nitrogens is 3. The first-order valence-electron chi connectivity index (χ1n) is 17.1. The van der Waals surface area contributed by atoms with E-state index in [4.69, 9.17) is 9.47 Å². The second-order valence-electron chi connectivity index (χ2n) is 16.7. The van der Waals surface area contributed by atoms with E-state index in [1.807, 2.05) is 24.3 Å². The number of ether oxygens (including phenoxy) is 2. The summed E-state index contributed by atoms with van der Waals surface area (Å²) in [5.41, 5.74) is 2.60. The van der Waals surface area contributed by atoms with E-state index in [0.717, 1.165) is 40.8 Å². The molecular formula is C39H59N3O4S. The highest BCUT2D eigenvalue weighted by atomic mass is 32.2. The molecule has 8 heteroatoms. The Kier molecular flexibility index (Phi) is 12.3. The summed E-state index contributed by atoms with van der Waals surface area (Å²) in [6.07, 6.45) is 7.15. The van der Waals surface area contributed by atoms with Gasteiger partial charge in [-0.15, -0.1) is 4.98 Å². The minimum atomic E-state index is -0.324. The summed E-state index contributed by atoms with van der Waals surface area (Å²) in [4.78, 5) is 13.8. The average Bonchev–Trinajstić information content (AvgIpc) is 2.92. The molecule has 3 rings (SSSR count). The Hall–Kier alpha value is -3.00. The van der Waals surface area contributed by atoms with Gasteiger partial charge in [-0.05, 0) is 51.3 Å². The van der Waals surface area contributed by atoms with Crippen LogP contribution in [0.1, 0.15) is 151 Å². The molecule has 2 N–H and O–H groups in total. The van der Waals surface area contributed by atoms with Crippen LogP contribution >= 0.6 is 11.8 Å². The van der Waals surface area contributed by atoms with Gasteiger partial charge in [0.05, 0.1) is 0 Å². The predicted molar refractivity (Wildman–Crippen MR) is 195 cm³/mol. The zero-order chi connectivity index (χ0) is 35.4. The summed E-state index contributed by atoms with van der Waals surface area (Å²) in [7, 11) is 0. The number of phenols is 2. The summed E-state index contributed by atoms with van der Waals surface area (Å²) in [6.45, 7) is 27.4. The first-order valence-corrected chi connectivity index (χ1v) is 18.1. The topological polar surface area (TPSA) is 97.6 Å². The Morgan fingerprint density at radius 2 is 0.957 bits per heavy atom. The van der Waals surface area contributed by atoms with Crippen molar-refractivity contribution in [1.82, 2.24) is 15.0 Å². The third kappa shape index (κ3) is 10.8. The molecule has 0 saturated carbocycles. The monoisotopic (exact) mass is 665 g/mol. The van der Waals surface area contributed by atoms with E-state index in [0.29, 0.717) is 5.16 Å². The van der Waals surface area contributed by atoms with Crippen LogP contribution in [0.25, 0.3) is 0 Å². The highest BCUT2D eigenvalue weighted by Gasteiger charge is 2.28. The van der Waals surface area contributed by atoms with Crippen molar-refractivity contribution in [2.24, 2.45) is 0 Å². The number of rotatable bonds is 12. The maximum atomic E-state index is 11.4. The van der Waals surface area contributed by atoms with E-state index >= 15 is 0 Å². The van der Waals surface area contributed by atoms with E-state index in [1.54, 1.807) is 0 Å². The summed E-state index contributed by atoms with van der Waals surface area (Å²) in [5, 5.41) is 23.3. The van der Waals surface area contributed by atoms with E-state index < -0.39 is 0 Å². The van der Waals surface area contributed by atoms with Gasteiger partial charge in [0.1, 0.15) is 0 Å². The Morgan fingerprint density at radius 1 is 0.553 bits per heavy atom. The Morgan fingerprint density at radius 3 is 1.34 bits per heavy atom. The molecule has 0 fully saturated rings. The number of hydrogen-bond acceptors (Lipinski definition) is 8. The highest BCUT2D eigenvalue weighted by molar-refractivity contribution is 7.99. The van der Waals surface area contributed by atoms with Crippen molar-refractivity contribution < 1.29 is 19.7 Å². The molecule has 1 heterocycles. The van der Waals surface area contributed by atoms with E-state index in [2.05, 4.69) is 105 Å². The zero-order valence-electron chi connectivity index (χ0n) is 31.2. The second-order valence-corrected chi connectivity index (χ2v) is 17.8. The number of hydrogen-bond donors (Lipinski definition) is 2. The van der Waals surface area contributed by atoms with E-state index in [9.17, 15) is 10.2 Å². The van der Waals surface area contributed by atoms with Crippen LogP contribution in [0.3, 0.4) is 0 Å². The number of unbranched alkanes of at least 4 members (excludes halogenated alkanes) is 5. The highest BCUT2D eigenvalue weighted by Crippen LogP contribution is 2.45. The van der Waals surface area contributed by atoms with Gasteiger partial charge in [0.15, 0.2) is 28.2 Å². The van der Waals surface area contributed by atoms with Gasteiger partial charge in [0.25, 0.3) is 0 Å². The SMILES string of the molecule is CCCCCCCCSc1nc(Oc2cc(C(C)(C)C)cc(C(C)(C)C)c2O)nc(Oc2cc(C(C)(C)C)cc(C(C)(C)C)c2O)n1. The molecule has 1 aromatic heterocycles. The van der Waals surface area contributed by atoms with Crippen molar-refractivity contribution in [3.05, 3.63) is 46.5 Å². The van der Waals surface area contributed by atoms with Gasteiger partial charge in [-0.3, -0.25) is 0 Å². The van der Waals surface area contributed by atoms with Crippen molar-refractivity contribution in [2.45, 2.75) is 155 Å². The van der Waals surface area contributed by atoms with Crippen LogP contribution in [0, 0.1) is 0 Å². The third-order valence-electron chi connectivity index (χ3n) is 8.20. The molecule has 0 atom stereocenters. The number of benzene rings is 2. The largest absolute Gasteiger partial charge is 0.504 e. The summed E-state index contributed by atoms with van der Waals surface area (Å²) >= 11 is 1.52. The lowest BCUT2D eigenvalue weighted by atomic mass is 9.80. The molecular weight excluding hydrogens is 607 g/mol. The molecule has 2 aromatic carbocycles. The van der Waals surface area contributed by atoms with Crippen LogP contribution in [0.4, 0.5) is 0 Å². The molecule has 0 aliphatic rings. The number of thioether (sulfide) groups is 1. The normalized spacial score (nSPS) is 12.8. The number of nitrogens with zero attached hydrogens (tertiary/aromatic N) is 3. The molecule has 0 radical (unpaired) electrons. The van der Waals surface area contributed by atoms with Crippen molar-refractivity contribution in [1.29, 1.82) is 0 Å². The zero-order valence-corrected chi connectivity index (χ0v) is 32.0. The van der Waals surface area contributed by atoms with Crippen molar-refractivity contribution in [3.8, 4) is 35.0 Å². The maximum Gasteiger partial charge on any atom is 0.329 e. The Labute approximate surface area is 288 Å². The van der Waals surface area contributed by atoms with Gasteiger partial charge in [-0.1, -0.05) is 146 Å². The summed E-state index contributed by atoms with van der Waals surface area (Å²) in [6, 6.07) is 7.83. The standard InChI is InChI=1S/C39H59N3O4S/c1-14-15-16-17-18-19-20-47-35-41-33(45-29-23-25(36(2,3)4)21-27(31(29)43)38(8,9)10)40-34(42-35)46-30-24-26(37(5,6)7)22-28(32(30)44)39(11,12)13/h21-24,43-44H,14-20H2,1-13H3. The minimum absolute atomic E-state index is 0.0178. The molecule has 260 valence electrons. The first kappa shape index (κ1) is 38.4. The summed E-state index contributed by atoms with van der Waals surface area (Å²) < 4.78 is 12.6. The molecule has 0 unspecified atom stereocenters. The fourth-order valence-corrected chi connectivity index (χ4v) is 5.92. The third-order valence-corrected chi connectivity index (χ3v) is 9.14. The summed E-state index contributed by atoms with van der Waals surface area (Å²) in [5.74, 6) is 1.50. The maximum absolute atomic E-state index is 11.4. The first-order chi connectivity index (χ1) is 21.6. The fourth-order valence-electron chi connectivity index (χ4n) is 5.10. The van der Waals surface area contributed by atoms with Crippen LogP contribution in [-0.4, -0.2) is 30.9 Å². The second kappa shape index (κ2) is 15.0. The fraction of sp³-hybridized carbons (Fsp3) is 0.615. The molecule has 0 aliphatic heterocycles. The Bertz CT molecular complexity index is 1410. The van der Waals surface area contributed by atoms with Crippen molar-refractivity contribution in [3.63, 3.8) is 0 Å². The average molecular weight is 666 g/mol. The lowest BCUT2D eigenvalue weighted by molar-refractivity contribution is 0.348. The quantitative estimate of drug-likeness (QED) is 0.146. The van der Waals surface area contributed by atoms with Gasteiger partial charge in [-0.2, -0.15) is 9.97 Å². The molecule has 0 aliphatic carbocycles. The molecule has 47 heavy (non-hydrogen) atoms. The van der Waals surface area contributed by atoms with Gasteiger partial charge in [-0.25, -0.2) is 0 Å². The molecule has 0 bridgehead atoms. The van der Waals surface area contributed by atoms with Crippen LogP contribution in [-0.2, 0) is 21.7 Å². The van der Waals surface area contributed by atoms with E-state index in [-0.39, 0.29) is 56.7 Å². The lowest BCUT2D eigenvalue weighted by Gasteiger charge is -2.27. The van der Waals surface area contributed by atoms with Gasteiger partial charge < -0.3 is 19.7 Å². The number of phenolic OH excluding ortho intramolecular Hbond substituents is 2. The van der Waals surface area contributed by atoms with Crippen LogP contribution in [0.2, 0.25) is 0 Å². The molecule has 0 saturated heterocycles. The van der Waals surface area contributed by atoms with Crippen LogP contribution in [0.5, 0.6) is 35.0 Å². The lowest BCUT2D eigenvalue weighted by Crippen LogP contribution is -2.17. The van der Waals surface area contributed by atoms with Gasteiger partial charge in [0.2, 0.25) is 0 Å². The predicted octanol–water partition coefficient (Wildman–Crippen LogP) is 11.5. The molecule has 3 aromatic rings. The van der Waals surface area contributed by atoms with Crippen LogP contribution in [0.15, 0.2) is 29.4 Å². The minimum Gasteiger partial charge on any atom is -0.504 e. The van der Waals surface area contributed by atoms with Gasteiger partial charge >= 0.3 is 12.0 Å². The van der Waals surface area contributed by atoms with Gasteiger partial charge in [0, 0.05) is 16.9 Å².